The number of rotatable bonds is 10. The van der Waals surface area contributed by atoms with Crippen LogP contribution in [0.1, 0.15) is 20.8 Å². The van der Waals surface area contributed by atoms with Gasteiger partial charge in [-0.1, -0.05) is 19.9 Å². The van der Waals surface area contributed by atoms with Crippen LogP contribution in [0.25, 0.3) is 10.8 Å². The van der Waals surface area contributed by atoms with E-state index in [0.717, 1.165) is 4.68 Å². The summed E-state index contributed by atoms with van der Waals surface area (Å²) in [6, 6.07) is 7.91. The average molecular weight is 481 g/mol. The number of amides is 1. The molecule has 3 aromatic rings. The first-order valence-electron chi connectivity index (χ1n) is 9.98. The van der Waals surface area contributed by atoms with Crippen molar-refractivity contribution in [2.24, 2.45) is 0 Å². The summed E-state index contributed by atoms with van der Waals surface area (Å²) in [5.41, 5.74) is 0.249. The van der Waals surface area contributed by atoms with Gasteiger partial charge in [0.1, 0.15) is 17.2 Å². The van der Waals surface area contributed by atoms with Gasteiger partial charge in [-0.3, -0.25) is 4.79 Å². The number of carbonyl (C=O) groups is 1. The van der Waals surface area contributed by atoms with E-state index in [0.29, 0.717) is 18.0 Å². The zero-order valence-electron chi connectivity index (χ0n) is 17.9. The lowest BCUT2D eigenvalue weighted by atomic mass is 10.3. The molecule has 2 aromatic heterocycles. The van der Waals surface area contributed by atoms with E-state index < -0.39 is 21.7 Å². The lowest BCUT2D eigenvalue weighted by Crippen LogP contribution is -2.31. The van der Waals surface area contributed by atoms with Crippen LogP contribution in [0, 0.1) is 0 Å². The Kier molecular flexibility index (Phi) is 7.48. The first-order valence-corrected chi connectivity index (χ1v) is 12.3. The monoisotopic (exact) mass is 480 g/mol. The van der Waals surface area contributed by atoms with Crippen molar-refractivity contribution in [3.63, 3.8) is 0 Å². The number of ether oxygens (including phenoxy) is 1. The maximum absolute atomic E-state index is 13.0. The number of benzene rings is 1. The van der Waals surface area contributed by atoms with Gasteiger partial charge in [0.25, 0.3) is 5.89 Å². The topological polar surface area (TPSA) is 124 Å². The molecule has 0 saturated carbocycles. The van der Waals surface area contributed by atoms with Crippen molar-refractivity contribution < 1.29 is 22.4 Å². The highest BCUT2D eigenvalue weighted by Crippen LogP contribution is 2.30. The van der Waals surface area contributed by atoms with Crippen LogP contribution >= 0.6 is 11.3 Å². The van der Waals surface area contributed by atoms with Crippen LogP contribution in [0.5, 0.6) is 5.75 Å². The van der Waals surface area contributed by atoms with Crippen molar-refractivity contribution in [2.75, 3.05) is 25.0 Å². The Morgan fingerprint density at radius 2 is 2.00 bits per heavy atom. The number of carbonyl (C=O) groups excluding carboxylic acids is 1. The summed E-state index contributed by atoms with van der Waals surface area (Å²) in [5.74, 6) is -0.995. The zero-order valence-corrected chi connectivity index (χ0v) is 19.5. The smallest absolute Gasteiger partial charge is 0.437 e. The van der Waals surface area contributed by atoms with Crippen molar-refractivity contribution in [1.82, 2.24) is 14.1 Å². The molecular formula is C20H24N4O6S2. The highest BCUT2D eigenvalue weighted by molar-refractivity contribution is 7.89. The summed E-state index contributed by atoms with van der Waals surface area (Å²) in [6.07, 6.45) is 0. The predicted octanol–water partition coefficient (Wildman–Crippen LogP) is 2.63. The van der Waals surface area contributed by atoms with Gasteiger partial charge in [-0.15, -0.1) is 16.4 Å². The van der Waals surface area contributed by atoms with Gasteiger partial charge in [0, 0.05) is 18.8 Å². The van der Waals surface area contributed by atoms with E-state index in [4.69, 9.17) is 9.15 Å². The minimum atomic E-state index is -3.82. The minimum Gasteiger partial charge on any atom is -0.492 e. The molecule has 0 unspecified atom stereocenters. The second-order valence-electron chi connectivity index (χ2n) is 6.54. The Balaban J connectivity index is 1.83. The number of aromatic nitrogens is 2. The number of anilines is 1. The van der Waals surface area contributed by atoms with Gasteiger partial charge in [0.05, 0.1) is 11.5 Å². The molecule has 0 spiro atoms. The van der Waals surface area contributed by atoms with Crippen LogP contribution < -0.4 is 15.8 Å². The third-order valence-electron chi connectivity index (χ3n) is 4.48. The molecule has 0 aliphatic rings. The molecule has 172 valence electrons. The van der Waals surface area contributed by atoms with Crippen molar-refractivity contribution in [2.45, 2.75) is 32.2 Å². The Bertz CT molecular complexity index is 1230. The maximum Gasteiger partial charge on any atom is 0.437 e. The second-order valence-corrected chi connectivity index (χ2v) is 9.39. The van der Waals surface area contributed by atoms with Gasteiger partial charge in [-0.05, 0) is 36.6 Å². The van der Waals surface area contributed by atoms with Crippen molar-refractivity contribution in [3.05, 3.63) is 46.3 Å². The fraction of sp³-hybridized carbons (Fsp3) is 0.350. The molecule has 1 aromatic carbocycles. The normalized spacial score (nSPS) is 11.6. The van der Waals surface area contributed by atoms with E-state index in [1.165, 1.54) is 33.8 Å². The molecule has 2 heterocycles. The highest BCUT2D eigenvalue weighted by Gasteiger charge is 2.26. The second kappa shape index (κ2) is 10.1. The van der Waals surface area contributed by atoms with Crippen LogP contribution in [-0.4, -0.2) is 48.1 Å². The minimum absolute atomic E-state index is 0.0422. The fourth-order valence-electron chi connectivity index (χ4n) is 3.01. The lowest BCUT2D eigenvalue weighted by molar-refractivity contribution is -0.117. The largest absolute Gasteiger partial charge is 0.492 e. The molecule has 1 N–H and O–H groups in total. The lowest BCUT2D eigenvalue weighted by Gasteiger charge is -2.21. The Hall–Kier alpha value is -2.96. The summed E-state index contributed by atoms with van der Waals surface area (Å²) < 4.78 is 38.9. The molecule has 0 aliphatic carbocycles. The van der Waals surface area contributed by atoms with Gasteiger partial charge in [0.2, 0.25) is 15.9 Å². The summed E-state index contributed by atoms with van der Waals surface area (Å²) in [6.45, 7) is 5.72. The van der Waals surface area contributed by atoms with E-state index in [9.17, 15) is 18.0 Å². The molecule has 0 fully saturated rings. The van der Waals surface area contributed by atoms with E-state index in [1.54, 1.807) is 32.9 Å². The predicted molar refractivity (Wildman–Crippen MR) is 120 cm³/mol. The molecule has 32 heavy (non-hydrogen) atoms. The number of nitrogens with zero attached hydrogens (tertiary/aromatic N) is 3. The van der Waals surface area contributed by atoms with Gasteiger partial charge < -0.3 is 14.5 Å². The number of hydrogen-bond acceptors (Lipinski definition) is 8. The van der Waals surface area contributed by atoms with Crippen molar-refractivity contribution in [1.29, 1.82) is 0 Å². The van der Waals surface area contributed by atoms with E-state index >= 15 is 0 Å². The Labute approximate surface area is 189 Å². The van der Waals surface area contributed by atoms with E-state index in [-0.39, 0.29) is 35.4 Å². The van der Waals surface area contributed by atoms with Crippen LogP contribution in [0.4, 0.5) is 5.69 Å². The standard InChI is InChI=1S/C20H24N4O6S2/c1-4-23(5-2)32(27,28)17-12-14(9-10-15(17)29-6-3)21-18(25)13-24-20(26)30-19(22-24)16-8-7-11-31-16/h7-12H,4-6,13H2,1-3H3,(H,21,25). The van der Waals surface area contributed by atoms with Crippen LogP contribution in [0.2, 0.25) is 0 Å². The highest BCUT2D eigenvalue weighted by atomic mass is 32.2. The van der Waals surface area contributed by atoms with Crippen LogP contribution in [-0.2, 0) is 21.4 Å². The molecular weight excluding hydrogens is 456 g/mol. The molecule has 1 amide bonds. The molecule has 0 atom stereocenters. The molecule has 0 radical (unpaired) electrons. The molecule has 12 heteroatoms. The Morgan fingerprint density at radius 3 is 2.62 bits per heavy atom. The summed E-state index contributed by atoms with van der Waals surface area (Å²) in [5, 5.41) is 8.46. The van der Waals surface area contributed by atoms with Crippen LogP contribution in [0.15, 0.2) is 49.8 Å². The first-order chi connectivity index (χ1) is 15.3. The molecule has 0 bridgehead atoms. The zero-order chi connectivity index (χ0) is 23.3. The first kappa shape index (κ1) is 23.7. The SMILES string of the molecule is CCOc1ccc(NC(=O)Cn2nc(-c3cccs3)oc2=O)cc1S(=O)(=O)N(CC)CC. The van der Waals surface area contributed by atoms with Gasteiger partial charge in [-0.2, -0.15) is 8.99 Å². The number of sulfonamides is 1. The fourth-order valence-corrected chi connectivity index (χ4v) is 5.27. The summed E-state index contributed by atoms with van der Waals surface area (Å²) in [7, 11) is -3.82. The molecule has 0 aliphatic heterocycles. The third kappa shape index (κ3) is 5.09. The van der Waals surface area contributed by atoms with E-state index in [1.807, 2.05) is 5.38 Å². The van der Waals surface area contributed by atoms with Crippen molar-refractivity contribution in [3.8, 4) is 16.5 Å². The molecule has 10 nitrogen and oxygen atoms in total. The van der Waals surface area contributed by atoms with Gasteiger partial charge in [0.15, 0.2) is 0 Å². The third-order valence-corrected chi connectivity index (χ3v) is 7.41. The summed E-state index contributed by atoms with van der Waals surface area (Å²) >= 11 is 1.35. The Morgan fingerprint density at radius 1 is 1.25 bits per heavy atom. The maximum atomic E-state index is 13.0. The number of hydrogen-bond donors (Lipinski definition) is 1. The summed E-state index contributed by atoms with van der Waals surface area (Å²) in [4.78, 5) is 25.2. The van der Waals surface area contributed by atoms with Gasteiger partial charge in [-0.25, -0.2) is 13.2 Å². The van der Waals surface area contributed by atoms with Crippen LogP contribution in [0.3, 0.4) is 0 Å². The van der Waals surface area contributed by atoms with Crippen molar-refractivity contribution >= 4 is 33.0 Å². The number of nitrogens with one attached hydrogen (secondary N) is 1. The van der Waals surface area contributed by atoms with E-state index in [2.05, 4.69) is 10.4 Å². The quantitative estimate of drug-likeness (QED) is 0.473. The average Bonchev–Trinajstić information content (AvgIpc) is 3.40. The molecule has 0 saturated heterocycles. The van der Waals surface area contributed by atoms with Gasteiger partial charge >= 0.3 is 5.76 Å². The number of thiophene rings is 1. The molecule has 3 rings (SSSR count).